The van der Waals surface area contributed by atoms with Gasteiger partial charge in [0.25, 0.3) is 0 Å². The summed E-state index contributed by atoms with van der Waals surface area (Å²) in [4.78, 5) is 12.1. The molecule has 3 rings (SSSR count). The number of rotatable bonds is 5. The van der Waals surface area contributed by atoms with Crippen LogP contribution in [0.4, 0.5) is 5.69 Å². The first-order valence-electron chi connectivity index (χ1n) is 7.81. The Hall–Kier alpha value is -2.08. The van der Waals surface area contributed by atoms with Crippen molar-refractivity contribution in [2.75, 3.05) is 11.1 Å². The van der Waals surface area contributed by atoms with E-state index in [1.54, 1.807) is 18.2 Å². The predicted molar refractivity (Wildman–Crippen MR) is 108 cm³/mol. The van der Waals surface area contributed by atoms with Crippen LogP contribution in [0.25, 0.3) is 11.3 Å². The van der Waals surface area contributed by atoms with Crippen LogP contribution < -0.4 is 5.32 Å². The summed E-state index contributed by atoms with van der Waals surface area (Å²) >= 11 is 13.3. The van der Waals surface area contributed by atoms with Crippen LogP contribution in [-0.2, 0) is 4.79 Å². The van der Waals surface area contributed by atoms with Gasteiger partial charge in [0, 0.05) is 5.56 Å². The second-order valence-electron chi connectivity index (χ2n) is 5.51. The zero-order valence-corrected chi connectivity index (χ0v) is 16.2. The third kappa shape index (κ3) is 4.55. The number of halogens is 2. The molecule has 1 aromatic heterocycles. The fraction of sp³-hybridized carbons (Fsp3) is 0.105. The number of amides is 1. The third-order valence-corrected chi connectivity index (χ3v) is 5.38. The highest BCUT2D eigenvalue weighted by molar-refractivity contribution is 7.99. The number of aryl methyl sites for hydroxylation is 1. The van der Waals surface area contributed by atoms with Gasteiger partial charge >= 0.3 is 0 Å². The molecule has 0 unspecified atom stereocenters. The molecule has 0 radical (unpaired) electrons. The van der Waals surface area contributed by atoms with Crippen LogP contribution in [0.1, 0.15) is 5.56 Å². The molecule has 0 bridgehead atoms. The lowest BCUT2D eigenvalue weighted by atomic mass is 10.1. The largest absolute Gasteiger partial charge is 0.324 e. The Morgan fingerprint density at radius 2 is 1.85 bits per heavy atom. The van der Waals surface area contributed by atoms with Crippen molar-refractivity contribution in [3.8, 4) is 11.3 Å². The van der Waals surface area contributed by atoms with Crippen molar-refractivity contribution in [3.63, 3.8) is 0 Å². The van der Waals surface area contributed by atoms with Crippen LogP contribution in [0.3, 0.4) is 0 Å². The molecule has 0 aliphatic carbocycles. The van der Waals surface area contributed by atoms with Crippen LogP contribution >= 0.6 is 35.0 Å². The van der Waals surface area contributed by atoms with Crippen molar-refractivity contribution in [1.29, 1.82) is 0 Å². The number of thioether (sulfide) groups is 1. The molecule has 1 amide bonds. The van der Waals surface area contributed by atoms with Crippen LogP contribution in [0.15, 0.2) is 59.6 Å². The maximum absolute atomic E-state index is 12.1. The Morgan fingerprint density at radius 3 is 2.58 bits per heavy atom. The molecule has 0 fully saturated rings. The number of carbonyl (C=O) groups excluding carboxylic acids is 1. The number of anilines is 1. The predicted octanol–water partition coefficient (Wildman–Crippen LogP) is 5.49. The first kappa shape index (κ1) is 18.7. The van der Waals surface area contributed by atoms with Gasteiger partial charge in [0.1, 0.15) is 5.03 Å². The molecule has 4 nitrogen and oxygen atoms in total. The lowest BCUT2D eigenvalue weighted by Gasteiger charge is -2.08. The van der Waals surface area contributed by atoms with Gasteiger partial charge in [0.2, 0.25) is 5.91 Å². The van der Waals surface area contributed by atoms with E-state index in [1.807, 2.05) is 43.3 Å². The van der Waals surface area contributed by atoms with E-state index in [0.717, 1.165) is 16.8 Å². The van der Waals surface area contributed by atoms with Gasteiger partial charge in [0.15, 0.2) is 0 Å². The summed E-state index contributed by atoms with van der Waals surface area (Å²) in [7, 11) is 0. The number of aromatic nitrogens is 2. The summed E-state index contributed by atoms with van der Waals surface area (Å²) in [6.07, 6.45) is 0. The molecule has 1 N–H and O–H groups in total. The first-order valence-corrected chi connectivity index (χ1v) is 9.55. The second-order valence-corrected chi connectivity index (χ2v) is 7.29. The van der Waals surface area contributed by atoms with Crippen LogP contribution in [0.2, 0.25) is 10.0 Å². The SMILES string of the molecule is Cc1ccccc1-c1ccc(SCC(=O)Nc2cccc(Cl)c2Cl)nn1. The van der Waals surface area contributed by atoms with Crippen molar-refractivity contribution in [2.24, 2.45) is 0 Å². The minimum Gasteiger partial charge on any atom is -0.324 e. The van der Waals surface area contributed by atoms with E-state index in [-0.39, 0.29) is 11.7 Å². The monoisotopic (exact) mass is 403 g/mol. The molecule has 0 saturated heterocycles. The molecule has 2 aromatic carbocycles. The molecule has 0 saturated carbocycles. The van der Waals surface area contributed by atoms with Crippen molar-refractivity contribution < 1.29 is 4.79 Å². The Kier molecular flexibility index (Phi) is 6.14. The Labute approximate surface area is 165 Å². The molecular weight excluding hydrogens is 389 g/mol. The maximum Gasteiger partial charge on any atom is 0.234 e. The molecule has 26 heavy (non-hydrogen) atoms. The number of hydrogen-bond acceptors (Lipinski definition) is 4. The fourth-order valence-electron chi connectivity index (χ4n) is 2.33. The third-order valence-electron chi connectivity index (χ3n) is 3.64. The van der Waals surface area contributed by atoms with Gasteiger partial charge in [-0.05, 0) is 36.8 Å². The average molecular weight is 404 g/mol. The summed E-state index contributed by atoms with van der Waals surface area (Å²) in [5.41, 5.74) is 3.48. The smallest absolute Gasteiger partial charge is 0.234 e. The summed E-state index contributed by atoms with van der Waals surface area (Å²) in [5.74, 6) is 0.00488. The summed E-state index contributed by atoms with van der Waals surface area (Å²) in [5, 5.41) is 12.6. The molecule has 0 atom stereocenters. The van der Waals surface area contributed by atoms with Gasteiger partial charge in [-0.2, -0.15) is 0 Å². The van der Waals surface area contributed by atoms with Crippen molar-refractivity contribution in [1.82, 2.24) is 10.2 Å². The van der Waals surface area contributed by atoms with E-state index in [9.17, 15) is 4.79 Å². The van der Waals surface area contributed by atoms with E-state index in [1.165, 1.54) is 11.8 Å². The molecule has 0 spiro atoms. The number of nitrogens with one attached hydrogen (secondary N) is 1. The van der Waals surface area contributed by atoms with Gasteiger partial charge in [-0.3, -0.25) is 4.79 Å². The molecular formula is C19H15Cl2N3OS. The van der Waals surface area contributed by atoms with E-state index < -0.39 is 0 Å². The number of nitrogens with zero attached hydrogens (tertiary/aromatic N) is 2. The second kappa shape index (κ2) is 8.54. The van der Waals surface area contributed by atoms with Crippen molar-refractivity contribution in [2.45, 2.75) is 11.9 Å². The van der Waals surface area contributed by atoms with Crippen molar-refractivity contribution >= 4 is 46.6 Å². The standard InChI is InChI=1S/C19H15Cl2N3OS/c1-12-5-2-3-6-13(12)15-9-10-18(24-23-15)26-11-17(25)22-16-8-4-7-14(20)19(16)21/h2-10H,11H2,1H3,(H,22,25). The molecule has 3 aromatic rings. The van der Waals surface area contributed by atoms with E-state index in [0.29, 0.717) is 20.8 Å². The molecule has 0 aliphatic rings. The minimum absolute atomic E-state index is 0.191. The Balaban J connectivity index is 1.60. The minimum atomic E-state index is -0.191. The zero-order valence-electron chi connectivity index (χ0n) is 13.9. The van der Waals surface area contributed by atoms with E-state index in [4.69, 9.17) is 23.2 Å². The Morgan fingerprint density at radius 1 is 1.04 bits per heavy atom. The number of hydrogen-bond donors (Lipinski definition) is 1. The average Bonchev–Trinajstić information content (AvgIpc) is 2.65. The normalized spacial score (nSPS) is 10.6. The molecule has 7 heteroatoms. The summed E-state index contributed by atoms with van der Waals surface area (Å²) in [6, 6.07) is 16.9. The molecule has 132 valence electrons. The lowest BCUT2D eigenvalue weighted by molar-refractivity contribution is -0.113. The van der Waals surface area contributed by atoms with Gasteiger partial charge in [-0.15, -0.1) is 10.2 Å². The van der Waals surface area contributed by atoms with Crippen LogP contribution in [0.5, 0.6) is 0 Å². The highest BCUT2D eigenvalue weighted by Gasteiger charge is 2.10. The van der Waals surface area contributed by atoms with E-state index in [2.05, 4.69) is 15.5 Å². The topological polar surface area (TPSA) is 54.9 Å². The van der Waals surface area contributed by atoms with Gasteiger partial charge in [0.05, 0.1) is 27.2 Å². The van der Waals surface area contributed by atoms with E-state index >= 15 is 0 Å². The maximum atomic E-state index is 12.1. The van der Waals surface area contributed by atoms with Gasteiger partial charge < -0.3 is 5.32 Å². The number of carbonyl (C=O) groups is 1. The van der Waals surface area contributed by atoms with Gasteiger partial charge in [-0.1, -0.05) is 65.3 Å². The zero-order chi connectivity index (χ0) is 18.5. The van der Waals surface area contributed by atoms with Gasteiger partial charge in [-0.25, -0.2) is 0 Å². The first-order chi connectivity index (χ1) is 12.5. The summed E-state index contributed by atoms with van der Waals surface area (Å²) in [6.45, 7) is 2.03. The van der Waals surface area contributed by atoms with Crippen molar-refractivity contribution in [3.05, 3.63) is 70.2 Å². The van der Waals surface area contributed by atoms with Crippen LogP contribution in [0, 0.1) is 6.92 Å². The quantitative estimate of drug-likeness (QED) is 0.572. The summed E-state index contributed by atoms with van der Waals surface area (Å²) < 4.78 is 0. The Bertz CT molecular complexity index is 932. The highest BCUT2D eigenvalue weighted by Crippen LogP contribution is 2.30. The van der Waals surface area contributed by atoms with Crippen LogP contribution in [-0.4, -0.2) is 21.9 Å². The molecule has 0 aliphatic heterocycles. The lowest BCUT2D eigenvalue weighted by Crippen LogP contribution is -2.14. The fourth-order valence-corrected chi connectivity index (χ4v) is 3.29. The highest BCUT2D eigenvalue weighted by atomic mass is 35.5. The number of benzene rings is 2. The molecule has 1 heterocycles.